The number of pyridine rings is 1. The second-order valence-corrected chi connectivity index (χ2v) is 7.98. The molecule has 0 aliphatic carbocycles. The van der Waals surface area contributed by atoms with Gasteiger partial charge in [-0.3, -0.25) is 14.5 Å². The zero-order chi connectivity index (χ0) is 18.6. The monoisotopic (exact) mass is 365 g/mol. The number of hydrogen-bond donors (Lipinski definition) is 1. The molecule has 2 aliphatic heterocycles. The van der Waals surface area contributed by atoms with Crippen LogP contribution in [0.15, 0.2) is 43.0 Å². The van der Waals surface area contributed by atoms with Gasteiger partial charge in [0.15, 0.2) is 0 Å². The lowest BCUT2D eigenvalue weighted by Gasteiger charge is -2.43. The lowest BCUT2D eigenvalue weighted by atomic mass is 9.85. The average Bonchev–Trinajstić information content (AvgIpc) is 3.32. The minimum Gasteiger partial charge on any atom is -0.388 e. The molecular formula is C20H23N5O2. The van der Waals surface area contributed by atoms with E-state index in [1.165, 1.54) is 0 Å². The molecule has 2 fully saturated rings. The molecule has 5 heterocycles. The van der Waals surface area contributed by atoms with Crippen LogP contribution in [0.25, 0.3) is 10.9 Å². The summed E-state index contributed by atoms with van der Waals surface area (Å²) in [5.41, 5.74) is 0.710. The molecule has 0 aromatic carbocycles. The van der Waals surface area contributed by atoms with Crippen LogP contribution in [0.4, 0.5) is 0 Å². The molecule has 3 aromatic heterocycles. The maximum absolute atomic E-state index is 12.9. The first-order chi connectivity index (χ1) is 13.0. The standard InChI is InChI=1S/C20H23N5O2/c1-23-8-6-17(22-23)19(26)25-15-2-3-16(25)11-20(27,10-15)13-24-9-5-14-4-7-21-12-18(14)24/h4-9,12,15-16,27H,2-3,10-11,13H2,1H3/t15-,16+,20?. The largest absolute Gasteiger partial charge is 0.388 e. The van der Waals surface area contributed by atoms with Gasteiger partial charge in [0.05, 0.1) is 23.9 Å². The maximum Gasteiger partial charge on any atom is 0.274 e. The van der Waals surface area contributed by atoms with E-state index in [1.807, 2.05) is 30.4 Å². The number of piperidine rings is 1. The van der Waals surface area contributed by atoms with Crippen molar-refractivity contribution in [3.05, 3.63) is 48.7 Å². The SMILES string of the molecule is Cn1ccc(C(=O)N2[C@@H]3CC[C@H]2CC(O)(Cn2ccc4ccncc42)C3)n1. The van der Waals surface area contributed by atoms with Crippen LogP contribution in [0.2, 0.25) is 0 Å². The van der Waals surface area contributed by atoms with Crippen LogP contribution >= 0.6 is 0 Å². The molecule has 0 spiro atoms. The first-order valence-electron chi connectivity index (χ1n) is 9.46. The lowest BCUT2D eigenvalue weighted by molar-refractivity contribution is -0.0534. The molecule has 2 bridgehead atoms. The van der Waals surface area contributed by atoms with Crippen molar-refractivity contribution in [3.63, 3.8) is 0 Å². The molecule has 7 nitrogen and oxygen atoms in total. The Hall–Kier alpha value is -2.67. The van der Waals surface area contributed by atoms with E-state index in [0.29, 0.717) is 25.1 Å². The summed E-state index contributed by atoms with van der Waals surface area (Å²) in [7, 11) is 1.82. The quantitative estimate of drug-likeness (QED) is 0.770. The first-order valence-corrected chi connectivity index (χ1v) is 9.46. The molecule has 140 valence electrons. The van der Waals surface area contributed by atoms with Crippen molar-refractivity contribution in [1.82, 2.24) is 24.2 Å². The van der Waals surface area contributed by atoms with Crippen LogP contribution in [0.3, 0.4) is 0 Å². The third-order valence-electron chi connectivity index (χ3n) is 6.06. The fourth-order valence-corrected chi connectivity index (χ4v) is 4.93. The summed E-state index contributed by atoms with van der Waals surface area (Å²) < 4.78 is 3.73. The number of rotatable bonds is 3. The zero-order valence-corrected chi connectivity index (χ0v) is 15.3. The van der Waals surface area contributed by atoms with Crippen molar-refractivity contribution in [2.75, 3.05) is 0 Å². The minimum absolute atomic E-state index is 0.0132. The van der Waals surface area contributed by atoms with E-state index in [1.54, 1.807) is 23.1 Å². The molecule has 3 atom stereocenters. The van der Waals surface area contributed by atoms with Crippen molar-refractivity contribution < 1.29 is 9.90 Å². The van der Waals surface area contributed by atoms with Crippen LogP contribution in [0.5, 0.6) is 0 Å². The molecule has 27 heavy (non-hydrogen) atoms. The highest BCUT2D eigenvalue weighted by atomic mass is 16.3. The van der Waals surface area contributed by atoms with Gasteiger partial charge in [0, 0.05) is 43.1 Å². The fraction of sp³-hybridized carbons (Fsp3) is 0.450. The number of aliphatic hydroxyl groups is 1. The Labute approximate surface area is 157 Å². The number of hydrogen-bond acceptors (Lipinski definition) is 4. The van der Waals surface area contributed by atoms with Gasteiger partial charge < -0.3 is 14.6 Å². The van der Waals surface area contributed by atoms with E-state index in [9.17, 15) is 9.90 Å². The summed E-state index contributed by atoms with van der Waals surface area (Å²) in [6.45, 7) is 0.529. The lowest BCUT2D eigenvalue weighted by Crippen LogP contribution is -2.54. The number of nitrogens with zero attached hydrogens (tertiary/aromatic N) is 5. The smallest absolute Gasteiger partial charge is 0.274 e. The number of aryl methyl sites for hydroxylation is 1. The van der Waals surface area contributed by atoms with Crippen LogP contribution in [0, 0.1) is 0 Å². The number of fused-ring (bicyclic) bond motifs is 3. The zero-order valence-electron chi connectivity index (χ0n) is 15.3. The molecule has 5 rings (SSSR count). The highest BCUT2D eigenvalue weighted by Gasteiger charge is 2.49. The molecule has 1 N–H and O–H groups in total. The van der Waals surface area contributed by atoms with Gasteiger partial charge in [0.25, 0.3) is 5.91 Å². The van der Waals surface area contributed by atoms with Crippen LogP contribution in [-0.4, -0.2) is 52.9 Å². The molecule has 7 heteroatoms. The molecular weight excluding hydrogens is 342 g/mol. The highest BCUT2D eigenvalue weighted by molar-refractivity contribution is 5.93. The maximum atomic E-state index is 12.9. The third-order valence-corrected chi connectivity index (χ3v) is 6.06. The van der Waals surface area contributed by atoms with Crippen LogP contribution in [0.1, 0.15) is 36.2 Å². The van der Waals surface area contributed by atoms with Gasteiger partial charge in [-0.2, -0.15) is 5.10 Å². The van der Waals surface area contributed by atoms with Crippen molar-refractivity contribution in [2.24, 2.45) is 7.05 Å². The van der Waals surface area contributed by atoms with Gasteiger partial charge >= 0.3 is 0 Å². The van der Waals surface area contributed by atoms with Gasteiger partial charge in [0.1, 0.15) is 5.69 Å². The predicted molar refractivity (Wildman–Crippen MR) is 100 cm³/mol. The second kappa shape index (κ2) is 5.92. The molecule has 1 unspecified atom stereocenters. The van der Waals surface area contributed by atoms with Gasteiger partial charge in [0.2, 0.25) is 0 Å². The number of carbonyl (C=O) groups excluding carboxylic acids is 1. The Balaban J connectivity index is 1.38. The van der Waals surface area contributed by atoms with E-state index in [4.69, 9.17) is 0 Å². The van der Waals surface area contributed by atoms with E-state index < -0.39 is 5.60 Å². The van der Waals surface area contributed by atoms with Crippen LogP contribution < -0.4 is 0 Å². The normalized spacial score (nSPS) is 27.4. The molecule has 0 saturated carbocycles. The van der Waals surface area contributed by atoms with E-state index in [2.05, 4.69) is 20.7 Å². The summed E-state index contributed by atoms with van der Waals surface area (Å²) in [5, 5.41) is 16.7. The van der Waals surface area contributed by atoms with Crippen molar-refractivity contribution >= 4 is 16.8 Å². The average molecular weight is 365 g/mol. The molecule has 1 amide bonds. The Bertz CT molecular complexity index is 993. The Kier molecular flexibility index (Phi) is 3.62. The van der Waals surface area contributed by atoms with Crippen molar-refractivity contribution in [3.8, 4) is 0 Å². The summed E-state index contributed by atoms with van der Waals surface area (Å²) in [6, 6.07) is 5.94. The third kappa shape index (κ3) is 2.73. The summed E-state index contributed by atoms with van der Waals surface area (Å²) in [4.78, 5) is 19.1. The second-order valence-electron chi connectivity index (χ2n) is 7.98. The molecule has 2 saturated heterocycles. The summed E-state index contributed by atoms with van der Waals surface area (Å²) in [5.74, 6) is -0.0132. The van der Waals surface area contributed by atoms with Gasteiger partial charge in [-0.05, 0) is 43.9 Å². The molecule has 0 radical (unpaired) electrons. The first kappa shape index (κ1) is 16.5. The Morgan fingerprint density at radius 2 is 2.00 bits per heavy atom. The topological polar surface area (TPSA) is 76.2 Å². The number of carbonyl (C=O) groups is 1. The minimum atomic E-state index is -0.811. The predicted octanol–water partition coefficient (Wildman–Crippen LogP) is 1.97. The Morgan fingerprint density at radius 3 is 2.70 bits per heavy atom. The summed E-state index contributed by atoms with van der Waals surface area (Å²) >= 11 is 0. The van der Waals surface area contributed by atoms with Crippen LogP contribution in [-0.2, 0) is 13.6 Å². The van der Waals surface area contributed by atoms with Gasteiger partial charge in [-0.25, -0.2) is 0 Å². The molecule has 2 aliphatic rings. The number of amides is 1. The van der Waals surface area contributed by atoms with E-state index in [0.717, 1.165) is 23.7 Å². The molecule has 3 aromatic rings. The fourth-order valence-electron chi connectivity index (χ4n) is 4.93. The highest BCUT2D eigenvalue weighted by Crippen LogP contribution is 2.42. The van der Waals surface area contributed by atoms with E-state index >= 15 is 0 Å². The summed E-state index contributed by atoms with van der Waals surface area (Å²) in [6.07, 6.45) is 10.5. The number of aromatic nitrogens is 4. The Morgan fingerprint density at radius 1 is 1.22 bits per heavy atom. The van der Waals surface area contributed by atoms with Crippen molar-refractivity contribution in [1.29, 1.82) is 0 Å². The van der Waals surface area contributed by atoms with Gasteiger partial charge in [-0.15, -0.1) is 0 Å². The van der Waals surface area contributed by atoms with E-state index in [-0.39, 0.29) is 18.0 Å². The van der Waals surface area contributed by atoms with Crippen molar-refractivity contribution in [2.45, 2.75) is 49.9 Å². The van der Waals surface area contributed by atoms with Gasteiger partial charge in [-0.1, -0.05) is 0 Å².